The number of nitrogens with one attached hydrogen (secondary N) is 1. The van der Waals surface area contributed by atoms with E-state index in [-0.39, 0.29) is 10.0 Å². The van der Waals surface area contributed by atoms with Crippen LogP contribution in [0.4, 0.5) is 9.93 Å². The minimum atomic E-state index is -3.36. The molecular weight excluding hydrogens is 340 g/mol. The van der Waals surface area contributed by atoms with Crippen molar-refractivity contribution in [1.82, 2.24) is 15.0 Å². The van der Waals surface area contributed by atoms with Crippen LogP contribution in [0.5, 0.6) is 0 Å². The van der Waals surface area contributed by atoms with E-state index >= 15 is 0 Å². The molecule has 0 radical (unpaired) electrons. The Morgan fingerprint density at radius 2 is 2.04 bits per heavy atom. The summed E-state index contributed by atoms with van der Waals surface area (Å²) in [5, 5.41) is 11.1. The van der Waals surface area contributed by atoms with Crippen molar-refractivity contribution in [3.05, 3.63) is 30.6 Å². The summed E-state index contributed by atoms with van der Waals surface area (Å²) in [5.41, 5.74) is 1.63. The van der Waals surface area contributed by atoms with Gasteiger partial charge >= 0.3 is 6.09 Å². The molecule has 3 aromatic heterocycles. The normalized spacial score (nSPS) is 11.5. The molecule has 3 rings (SSSR count). The smallest absolute Gasteiger partial charge is 0.410 e. The zero-order valence-corrected chi connectivity index (χ0v) is 13.3. The summed E-state index contributed by atoms with van der Waals surface area (Å²) in [6, 6.07) is 4.86. The van der Waals surface area contributed by atoms with Crippen molar-refractivity contribution in [2.45, 2.75) is 4.90 Å². The monoisotopic (exact) mass is 350 g/mol. The largest absolute Gasteiger partial charge is 0.465 e. The van der Waals surface area contributed by atoms with Gasteiger partial charge in [-0.1, -0.05) is 11.3 Å². The third kappa shape index (κ3) is 3.27. The Balaban J connectivity index is 2.05. The maximum Gasteiger partial charge on any atom is 0.410 e. The number of pyridine rings is 2. The highest BCUT2D eigenvalue weighted by Gasteiger charge is 2.12. The Kier molecular flexibility index (Phi) is 3.70. The van der Waals surface area contributed by atoms with Gasteiger partial charge < -0.3 is 5.11 Å². The molecule has 0 saturated heterocycles. The number of rotatable bonds is 3. The topological polar surface area (TPSA) is 122 Å². The van der Waals surface area contributed by atoms with Crippen LogP contribution in [0.1, 0.15) is 0 Å². The number of carboxylic acid groups (broad SMARTS) is 1. The van der Waals surface area contributed by atoms with Gasteiger partial charge in [-0.15, -0.1) is 0 Å². The van der Waals surface area contributed by atoms with Crippen LogP contribution in [0.25, 0.3) is 21.6 Å². The summed E-state index contributed by atoms with van der Waals surface area (Å²) in [6.45, 7) is 0. The molecule has 0 unspecified atom stereocenters. The maximum absolute atomic E-state index is 11.6. The highest BCUT2D eigenvalue weighted by atomic mass is 32.2. The zero-order valence-electron chi connectivity index (χ0n) is 11.7. The van der Waals surface area contributed by atoms with Crippen molar-refractivity contribution < 1.29 is 18.3 Å². The quantitative estimate of drug-likeness (QED) is 0.742. The first-order valence-electron chi connectivity index (χ1n) is 6.26. The number of amides is 1. The van der Waals surface area contributed by atoms with Gasteiger partial charge in [0.15, 0.2) is 15.0 Å². The molecule has 2 N–H and O–H groups in total. The van der Waals surface area contributed by atoms with Crippen LogP contribution in [0, 0.1) is 0 Å². The lowest BCUT2D eigenvalue weighted by Crippen LogP contribution is -2.06. The number of fused-ring (bicyclic) bond motifs is 1. The molecule has 0 aliphatic heterocycles. The molecule has 0 aromatic carbocycles. The first kappa shape index (κ1) is 15.3. The molecule has 23 heavy (non-hydrogen) atoms. The first-order valence-corrected chi connectivity index (χ1v) is 8.97. The van der Waals surface area contributed by atoms with E-state index in [9.17, 15) is 13.2 Å². The lowest BCUT2D eigenvalue weighted by atomic mass is 10.2. The highest BCUT2D eigenvalue weighted by Crippen LogP contribution is 2.28. The van der Waals surface area contributed by atoms with Crippen molar-refractivity contribution in [1.29, 1.82) is 0 Å². The number of anilines is 1. The fraction of sp³-hybridized carbons (Fsp3) is 0.0769. The molecule has 8 nitrogen and oxygen atoms in total. The number of aromatic nitrogens is 3. The second kappa shape index (κ2) is 5.56. The minimum absolute atomic E-state index is 0.106. The number of nitrogens with zero attached hydrogens (tertiary/aromatic N) is 3. The number of hydrogen-bond acceptors (Lipinski definition) is 7. The van der Waals surface area contributed by atoms with E-state index < -0.39 is 15.9 Å². The van der Waals surface area contributed by atoms with E-state index in [1.165, 1.54) is 18.5 Å². The lowest BCUT2D eigenvalue weighted by Gasteiger charge is -2.02. The van der Waals surface area contributed by atoms with Crippen molar-refractivity contribution >= 4 is 42.7 Å². The van der Waals surface area contributed by atoms with Crippen molar-refractivity contribution in [2.24, 2.45) is 0 Å². The van der Waals surface area contributed by atoms with Crippen molar-refractivity contribution in [3.63, 3.8) is 0 Å². The molecule has 0 aliphatic carbocycles. The first-order chi connectivity index (χ1) is 10.8. The molecule has 3 heterocycles. The Labute approximate surface area is 134 Å². The van der Waals surface area contributed by atoms with Crippen molar-refractivity contribution in [2.75, 3.05) is 11.6 Å². The van der Waals surface area contributed by atoms with Crippen LogP contribution in [0.2, 0.25) is 0 Å². The number of thiazole rings is 1. The van der Waals surface area contributed by atoms with Gasteiger partial charge in [0.05, 0.1) is 10.6 Å². The molecule has 3 aromatic rings. The standard InChI is InChI=1S/C13H10N4O4S2/c1-23(20,21)8-4-7(5-14-6-8)9-2-3-10-11(15-9)22-12(16-10)17-13(18)19/h2-6H,1H3,(H,16,17)(H,18,19). The van der Waals surface area contributed by atoms with Gasteiger partial charge in [0.2, 0.25) is 0 Å². The molecule has 0 aliphatic rings. The van der Waals surface area contributed by atoms with Crippen LogP contribution in [-0.4, -0.2) is 40.8 Å². The molecule has 10 heteroatoms. The maximum atomic E-state index is 11.6. The molecule has 0 bridgehead atoms. The lowest BCUT2D eigenvalue weighted by molar-refractivity contribution is 0.209. The van der Waals surface area contributed by atoms with Crippen LogP contribution in [-0.2, 0) is 9.84 Å². The Bertz CT molecular complexity index is 1010. The van der Waals surface area contributed by atoms with Gasteiger partial charge in [0, 0.05) is 24.2 Å². The van der Waals surface area contributed by atoms with E-state index in [0.717, 1.165) is 17.6 Å². The van der Waals surface area contributed by atoms with E-state index in [1.54, 1.807) is 12.1 Å². The minimum Gasteiger partial charge on any atom is -0.465 e. The molecule has 0 atom stereocenters. The van der Waals surface area contributed by atoms with Gasteiger partial charge in [0.25, 0.3) is 0 Å². The van der Waals surface area contributed by atoms with Crippen molar-refractivity contribution in [3.8, 4) is 11.3 Å². The van der Waals surface area contributed by atoms with E-state index in [4.69, 9.17) is 5.11 Å². The van der Waals surface area contributed by atoms with Crippen LogP contribution in [0.15, 0.2) is 35.5 Å². The second-order valence-corrected chi connectivity index (χ2v) is 7.64. The van der Waals surface area contributed by atoms with E-state index in [2.05, 4.69) is 20.3 Å². The predicted molar refractivity (Wildman–Crippen MR) is 85.4 cm³/mol. The third-order valence-corrected chi connectivity index (χ3v) is 4.87. The van der Waals surface area contributed by atoms with Gasteiger partial charge in [-0.05, 0) is 18.2 Å². The number of sulfone groups is 1. The number of carbonyl (C=O) groups is 1. The zero-order chi connectivity index (χ0) is 16.6. The SMILES string of the molecule is CS(=O)(=O)c1cncc(-c2ccc3nc(NC(=O)O)sc3n2)c1. The third-order valence-electron chi connectivity index (χ3n) is 2.91. The summed E-state index contributed by atoms with van der Waals surface area (Å²) in [4.78, 5) is 23.7. The van der Waals surface area contributed by atoms with Gasteiger partial charge in [-0.25, -0.2) is 23.2 Å². The fourth-order valence-corrected chi connectivity index (χ4v) is 3.31. The molecule has 0 saturated carbocycles. The average Bonchev–Trinajstić information content (AvgIpc) is 2.86. The van der Waals surface area contributed by atoms with Gasteiger partial charge in [-0.2, -0.15) is 0 Å². The van der Waals surface area contributed by atoms with Crippen LogP contribution < -0.4 is 5.32 Å². The number of hydrogen-bond donors (Lipinski definition) is 2. The Morgan fingerprint density at radius 3 is 2.74 bits per heavy atom. The van der Waals surface area contributed by atoms with E-state index in [0.29, 0.717) is 21.6 Å². The molecule has 0 fully saturated rings. The fourth-order valence-electron chi connectivity index (χ4n) is 1.88. The molecule has 118 valence electrons. The predicted octanol–water partition coefficient (Wildman–Crippen LogP) is 2.25. The van der Waals surface area contributed by atoms with E-state index in [1.807, 2.05) is 0 Å². The summed E-state index contributed by atoms with van der Waals surface area (Å²) in [5.74, 6) is 0. The molecule has 0 spiro atoms. The summed E-state index contributed by atoms with van der Waals surface area (Å²) in [6.07, 6.45) is 2.70. The summed E-state index contributed by atoms with van der Waals surface area (Å²) >= 11 is 1.09. The summed E-state index contributed by atoms with van der Waals surface area (Å²) < 4.78 is 23.2. The molecular formula is C13H10N4O4S2. The second-order valence-electron chi connectivity index (χ2n) is 4.65. The Morgan fingerprint density at radius 1 is 1.26 bits per heavy atom. The van der Waals surface area contributed by atoms with Crippen LogP contribution in [0.3, 0.4) is 0 Å². The highest BCUT2D eigenvalue weighted by molar-refractivity contribution is 7.90. The summed E-state index contributed by atoms with van der Waals surface area (Å²) in [7, 11) is -3.36. The van der Waals surface area contributed by atoms with Gasteiger partial charge in [-0.3, -0.25) is 10.3 Å². The van der Waals surface area contributed by atoms with Gasteiger partial charge in [0.1, 0.15) is 10.3 Å². The molecule has 1 amide bonds. The Hall–Kier alpha value is -2.59. The average molecular weight is 350 g/mol. The van der Waals surface area contributed by atoms with Crippen LogP contribution >= 0.6 is 11.3 Å².